The van der Waals surface area contributed by atoms with E-state index in [1.165, 1.54) is 4.88 Å². The maximum atomic E-state index is 13.3. The summed E-state index contributed by atoms with van der Waals surface area (Å²) in [5.74, 6) is 0.358. The summed E-state index contributed by atoms with van der Waals surface area (Å²) < 4.78 is 0. The summed E-state index contributed by atoms with van der Waals surface area (Å²) >= 11 is 1.58. The van der Waals surface area contributed by atoms with Crippen molar-refractivity contribution in [1.82, 2.24) is 0 Å². The largest absolute Gasteiger partial charge is 0.322 e. The van der Waals surface area contributed by atoms with Gasteiger partial charge >= 0.3 is 0 Å². The smallest absolute Gasteiger partial charge is 0.258 e. The van der Waals surface area contributed by atoms with Gasteiger partial charge in [0, 0.05) is 16.0 Å². The van der Waals surface area contributed by atoms with Crippen molar-refractivity contribution in [3.63, 3.8) is 0 Å². The molecular formula is C25H34N2O2S. The molecule has 162 valence electrons. The Labute approximate surface area is 184 Å². The summed E-state index contributed by atoms with van der Waals surface area (Å²) in [5, 5.41) is 6.78. The number of thiophene rings is 1. The highest BCUT2D eigenvalue weighted by molar-refractivity contribution is 7.17. The molecule has 1 aromatic heterocycles. The first kappa shape index (κ1) is 22.5. The molecule has 5 heteroatoms. The minimum atomic E-state index is -0.525. The fraction of sp³-hybridized carbons (Fsp3) is 0.520. The van der Waals surface area contributed by atoms with Crippen molar-refractivity contribution in [1.29, 1.82) is 0 Å². The van der Waals surface area contributed by atoms with Crippen LogP contribution in [0.4, 0.5) is 10.7 Å². The summed E-state index contributed by atoms with van der Waals surface area (Å²) in [6, 6.07) is 7.79. The van der Waals surface area contributed by atoms with E-state index in [-0.39, 0.29) is 17.2 Å². The predicted molar refractivity (Wildman–Crippen MR) is 127 cm³/mol. The molecule has 30 heavy (non-hydrogen) atoms. The molecule has 0 saturated heterocycles. The Bertz CT molecular complexity index is 961. The molecule has 1 aliphatic carbocycles. The Morgan fingerprint density at radius 3 is 2.37 bits per heavy atom. The van der Waals surface area contributed by atoms with Crippen molar-refractivity contribution < 1.29 is 9.59 Å². The number of carbonyl (C=O) groups excluding carboxylic acids is 2. The molecule has 0 aliphatic heterocycles. The van der Waals surface area contributed by atoms with Crippen molar-refractivity contribution in [3.8, 4) is 0 Å². The molecule has 1 heterocycles. The van der Waals surface area contributed by atoms with E-state index in [0.29, 0.717) is 16.5 Å². The monoisotopic (exact) mass is 426 g/mol. The number of hydrogen-bond acceptors (Lipinski definition) is 3. The average molecular weight is 427 g/mol. The first-order valence-corrected chi connectivity index (χ1v) is 11.5. The van der Waals surface area contributed by atoms with Crippen LogP contribution in [0.5, 0.6) is 0 Å². The molecule has 0 unspecified atom stereocenters. The van der Waals surface area contributed by atoms with E-state index in [0.717, 1.165) is 36.1 Å². The second-order valence-electron chi connectivity index (χ2n) is 10.5. The number of nitrogens with one attached hydrogen (secondary N) is 2. The maximum absolute atomic E-state index is 13.3. The van der Waals surface area contributed by atoms with Gasteiger partial charge in [-0.15, -0.1) is 11.3 Å². The third-order valence-corrected chi connectivity index (χ3v) is 7.07. The summed E-state index contributed by atoms with van der Waals surface area (Å²) in [5.41, 5.74) is 3.31. The van der Waals surface area contributed by atoms with Crippen molar-refractivity contribution in [2.45, 2.75) is 67.7 Å². The zero-order chi connectivity index (χ0) is 22.3. The zero-order valence-corrected chi connectivity index (χ0v) is 20.0. The van der Waals surface area contributed by atoms with E-state index in [9.17, 15) is 9.59 Å². The number of aryl methyl sites for hydroxylation is 1. The minimum Gasteiger partial charge on any atom is -0.322 e. The van der Waals surface area contributed by atoms with Crippen molar-refractivity contribution in [3.05, 3.63) is 45.8 Å². The van der Waals surface area contributed by atoms with Gasteiger partial charge in [-0.3, -0.25) is 9.59 Å². The molecule has 2 amide bonds. The van der Waals surface area contributed by atoms with E-state index < -0.39 is 5.41 Å². The first-order valence-electron chi connectivity index (χ1n) is 10.7. The van der Waals surface area contributed by atoms with Crippen LogP contribution in [0, 0.1) is 23.7 Å². The quantitative estimate of drug-likeness (QED) is 0.593. The molecular weight excluding hydrogens is 392 g/mol. The van der Waals surface area contributed by atoms with Crippen LogP contribution < -0.4 is 10.6 Å². The van der Waals surface area contributed by atoms with Gasteiger partial charge in [-0.1, -0.05) is 53.7 Å². The number of hydrogen-bond donors (Lipinski definition) is 2. The molecule has 1 aliphatic rings. The lowest BCUT2D eigenvalue weighted by Crippen LogP contribution is -2.28. The van der Waals surface area contributed by atoms with Gasteiger partial charge in [0.05, 0.1) is 5.56 Å². The lowest BCUT2D eigenvalue weighted by Gasteiger charge is -2.33. The lowest BCUT2D eigenvalue weighted by atomic mass is 9.72. The number of benzene rings is 1. The van der Waals surface area contributed by atoms with Crippen molar-refractivity contribution >= 4 is 33.8 Å². The Morgan fingerprint density at radius 2 is 1.77 bits per heavy atom. The molecule has 0 bridgehead atoms. The highest BCUT2D eigenvalue weighted by atomic mass is 32.1. The van der Waals surface area contributed by atoms with Crippen LogP contribution in [0.3, 0.4) is 0 Å². The highest BCUT2D eigenvalue weighted by Gasteiger charge is 2.35. The second-order valence-corrected chi connectivity index (χ2v) is 11.6. The van der Waals surface area contributed by atoms with Gasteiger partial charge in [0.1, 0.15) is 5.00 Å². The van der Waals surface area contributed by atoms with E-state index in [2.05, 4.69) is 31.4 Å². The zero-order valence-electron chi connectivity index (χ0n) is 19.2. The summed E-state index contributed by atoms with van der Waals surface area (Å²) in [6.07, 6.45) is 2.89. The SMILES string of the molecule is Cc1cccc(NC(=O)c2c(NC(=O)C(C)(C)C)sc3c2CC[C@@H](C(C)(C)C)C3)c1. The van der Waals surface area contributed by atoms with Gasteiger partial charge in [0.15, 0.2) is 0 Å². The fourth-order valence-electron chi connectivity index (χ4n) is 3.86. The number of anilines is 2. The second kappa shape index (κ2) is 8.18. The van der Waals surface area contributed by atoms with Gasteiger partial charge < -0.3 is 10.6 Å². The average Bonchev–Trinajstić information content (AvgIpc) is 2.97. The fourth-order valence-corrected chi connectivity index (χ4v) is 5.18. The Balaban J connectivity index is 1.98. The molecule has 0 fully saturated rings. The molecule has 2 aromatic rings. The third kappa shape index (κ3) is 4.94. The molecule has 0 saturated carbocycles. The van der Waals surface area contributed by atoms with Crippen LogP contribution in [-0.2, 0) is 17.6 Å². The molecule has 1 aromatic carbocycles. The molecule has 2 N–H and O–H groups in total. The Morgan fingerprint density at radius 1 is 1.07 bits per heavy atom. The number of rotatable bonds is 3. The van der Waals surface area contributed by atoms with Crippen molar-refractivity contribution in [2.75, 3.05) is 10.6 Å². The molecule has 3 rings (SSSR count). The predicted octanol–water partition coefficient (Wildman–Crippen LogP) is 6.44. The standard InChI is InChI=1S/C25H34N2O2S/c1-15-9-8-10-17(13-15)26-21(28)20-18-12-11-16(24(2,3)4)14-19(18)30-22(20)27-23(29)25(5,6)7/h8-10,13,16H,11-12,14H2,1-7H3,(H,26,28)(H,27,29)/t16-/m1/s1. The van der Waals surface area contributed by atoms with E-state index >= 15 is 0 Å². The molecule has 4 nitrogen and oxygen atoms in total. The first-order chi connectivity index (χ1) is 13.9. The van der Waals surface area contributed by atoms with Crippen molar-refractivity contribution in [2.24, 2.45) is 16.7 Å². The van der Waals surface area contributed by atoms with Gasteiger partial charge in [0.25, 0.3) is 5.91 Å². The van der Waals surface area contributed by atoms with Crippen LogP contribution in [0.25, 0.3) is 0 Å². The van der Waals surface area contributed by atoms with Gasteiger partial charge in [0.2, 0.25) is 5.91 Å². The van der Waals surface area contributed by atoms with Crippen LogP contribution >= 0.6 is 11.3 Å². The topological polar surface area (TPSA) is 58.2 Å². The molecule has 0 spiro atoms. The van der Waals surface area contributed by atoms with Crippen LogP contribution in [0.15, 0.2) is 24.3 Å². The lowest BCUT2D eigenvalue weighted by molar-refractivity contribution is -0.123. The van der Waals surface area contributed by atoms with E-state index in [1.807, 2.05) is 52.0 Å². The summed E-state index contributed by atoms with van der Waals surface area (Å²) in [6.45, 7) is 14.5. The van der Waals surface area contributed by atoms with Crippen LogP contribution in [0.2, 0.25) is 0 Å². The molecule has 0 radical (unpaired) electrons. The Kier molecular flexibility index (Phi) is 6.15. The van der Waals surface area contributed by atoms with Gasteiger partial charge in [-0.2, -0.15) is 0 Å². The normalized spacial score (nSPS) is 16.7. The summed E-state index contributed by atoms with van der Waals surface area (Å²) in [7, 11) is 0. The number of amides is 2. The van der Waals surface area contributed by atoms with E-state index in [4.69, 9.17) is 0 Å². The number of carbonyl (C=O) groups is 2. The van der Waals surface area contributed by atoms with Gasteiger partial charge in [-0.25, -0.2) is 0 Å². The number of fused-ring (bicyclic) bond motifs is 1. The summed E-state index contributed by atoms with van der Waals surface area (Å²) in [4.78, 5) is 27.3. The third-order valence-electron chi connectivity index (χ3n) is 5.90. The van der Waals surface area contributed by atoms with Gasteiger partial charge in [-0.05, 0) is 60.8 Å². The van der Waals surface area contributed by atoms with E-state index in [1.54, 1.807) is 11.3 Å². The van der Waals surface area contributed by atoms with Crippen LogP contribution in [0.1, 0.15) is 74.3 Å². The minimum absolute atomic E-state index is 0.0712. The Hall–Kier alpha value is -2.14. The maximum Gasteiger partial charge on any atom is 0.258 e. The highest BCUT2D eigenvalue weighted by Crippen LogP contribution is 2.44. The van der Waals surface area contributed by atoms with Crippen LogP contribution in [-0.4, -0.2) is 11.8 Å². The molecule has 1 atom stereocenters.